The summed E-state index contributed by atoms with van der Waals surface area (Å²) in [6, 6.07) is 17.7. The van der Waals surface area contributed by atoms with E-state index in [2.05, 4.69) is 5.32 Å². The number of rotatable bonds is 8. The van der Waals surface area contributed by atoms with Crippen LogP contribution in [0, 0.1) is 0 Å². The highest BCUT2D eigenvalue weighted by molar-refractivity contribution is 7.92. The molecule has 178 valence electrons. The average molecular weight is 485 g/mol. The fourth-order valence-corrected chi connectivity index (χ4v) is 4.90. The second-order valence-electron chi connectivity index (χ2n) is 7.27. The van der Waals surface area contributed by atoms with Crippen molar-refractivity contribution >= 4 is 27.3 Å². The molecular formula is C24H24N2O7S. The van der Waals surface area contributed by atoms with Crippen LogP contribution in [-0.2, 0) is 14.8 Å². The van der Waals surface area contributed by atoms with E-state index in [1.54, 1.807) is 48.5 Å². The molecule has 0 aliphatic carbocycles. The Bertz CT molecular complexity index is 1280. The van der Waals surface area contributed by atoms with Crippen LogP contribution in [0.4, 0.5) is 11.4 Å². The van der Waals surface area contributed by atoms with Gasteiger partial charge in [0.15, 0.2) is 23.0 Å². The highest BCUT2D eigenvalue weighted by Gasteiger charge is 2.28. The summed E-state index contributed by atoms with van der Waals surface area (Å²) in [5, 5.41) is 2.73. The normalized spacial score (nSPS) is 12.5. The fourth-order valence-electron chi connectivity index (χ4n) is 3.47. The zero-order valence-electron chi connectivity index (χ0n) is 18.7. The van der Waals surface area contributed by atoms with Crippen molar-refractivity contribution in [2.75, 3.05) is 43.6 Å². The number of carbonyl (C=O) groups is 1. The number of amides is 1. The first-order valence-corrected chi connectivity index (χ1v) is 11.9. The zero-order chi connectivity index (χ0) is 24.1. The number of nitrogens with zero attached hydrogens (tertiary/aromatic N) is 1. The Morgan fingerprint density at radius 1 is 0.912 bits per heavy atom. The second-order valence-corrected chi connectivity index (χ2v) is 9.13. The van der Waals surface area contributed by atoms with E-state index in [4.69, 9.17) is 18.9 Å². The first kappa shape index (κ1) is 23.2. The lowest BCUT2D eigenvalue weighted by Crippen LogP contribution is -2.38. The third-order valence-corrected chi connectivity index (χ3v) is 6.87. The molecule has 1 aliphatic rings. The number of nitrogens with one attached hydrogen (secondary N) is 1. The molecule has 1 amide bonds. The van der Waals surface area contributed by atoms with E-state index in [0.717, 1.165) is 4.31 Å². The van der Waals surface area contributed by atoms with E-state index in [-0.39, 0.29) is 10.6 Å². The predicted octanol–water partition coefficient (Wildman–Crippen LogP) is 3.31. The number of hydrogen-bond acceptors (Lipinski definition) is 7. The Morgan fingerprint density at radius 2 is 1.62 bits per heavy atom. The summed E-state index contributed by atoms with van der Waals surface area (Å²) >= 11 is 0. The summed E-state index contributed by atoms with van der Waals surface area (Å²) in [5.74, 6) is 1.24. The summed E-state index contributed by atoms with van der Waals surface area (Å²) in [6.45, 7) is 0.420. The zero-order valence-corrected chi connectivity index (χ0v) is 19.5. The molecule has 0 fully saturated rings. The van der Waals surface area contributed by atoms with E-state index in [1.165, 1.54) is 32.4 Å². The maximum Gasteiger partial charge on any atom is 0.264 e. The summed E-state index contributed by atoms with van der Waals surface area (Å²) in [4.78, 5) is 12.9. The maximum absolute atomic E-state index is 13.6. The van der Waals surface area contributed by atoms with E-state index < -0.39 is 22.5 Å². The van der Waals surface area contributed by atoms with Crippen LogP contribution in [0.1, 0.15) is 0 Å². The number of sulfonamides is 1. The van der Waals surface area contributed by atoms with E-state index in [9.17, 15) is 13.2 Å². The van der Waals surface area contributed by atoms with Crippen LogP contribution in [0.15, 0.2) is 71.6 Å². The Balaban J connectivity index is 1.62. The minimum absolute atomic E-state index is 0.0406. The third kappa shape index (κ3) is 4.86. The standard InChI is InChI=1S/C24H24N2O7S/c1-30-20-11-9-19(15-22(20)31-2)34(28,29)26(18-6-4-3-5-7-18)16-24(27)25-17-8-10-21-23(14-17)33-13-12-32-21/h3-11,14-15H,12-13,16H2,1-2H3,(H,25,27). The van der Waals surface area contributed by atoms with Gasteiger partial charge in [-0.3, -0.25) is 9.10 Å². The fraction of sp³-hybridized carbons (Fsp3) is 0.208. The lowest BCUT2D eigenvalue weighted by molar-refractivity contribution is -0.114. The Hall–Kier alpha value is -3.92. The Kier molecular flexibility index (Phi) is 6.78. The number of para-hydroxylation sites is 1. The van der Waals surface area contributed by atoms with Gasteiger partial charge in [-0.1, -0.05) is 18.2 Å². The van der Waals surface area contributed by atoms with E-state index in [1.807, 2.05) is 0 Å². The van der Waals surface area contributed by atoms with Gasteiger partial charge in [0.05, 0.1) is 24.8 Å². The first-order valence-electron chi connectivity index (χ1n) is 10.4. The lowest BCUT2D eigenvalue weighted by Gasteiger charge is -2.24. The number of benzene rings is 3. The molecule has 0 unspecified atom stereocenters. The Labute approximate surface area is 197 Å². The largest absolute Gasteiger partial charge is 0.493 e. The molecule has 0 spiro atoms. The van der Waals surface area contributed by atoms with Crippen molar-refractivity contribution in [2.24, 2.45) is 0 Å². The van der Waals surface area contributed by atoms with Crippen LogP contribution < -0.4 is 28.6 Å². The van der Waals surface area contributed by atoms with E-state index in [0.29, 0.717) is 41.8 Å². The molecule has 3 aromatic rings. The number of anilines is 2. The van der Waals surface area contributed by atoms with Gasteiger partial charge in [-0.2, -0.15) is 0 Å². The minimum atomic E-state index is -4.12. The molecule has 0 saturated heterocycles. The molecule has 0 radical (unpaired) electrons. The number of hydrogen-bond donors (Lipinski definition) is 1. The van der Waals surface area contributed by atoms with Gasteiger partial charge in [0.2, 0.25) is 5.91 Å². The molecule has 0 bridgehead atoms. The van der Waals surface area contributed by atoms with Gasteiger partial charge < -0.3 is 24.3 Å². The van der Waals surface area contributed by atoms with Gasteiger partial charge >= 0.3 is 0 Å². The molecule has 10 heteroatoms. The molecule has 34 heavy (non-hydrogen) atoms. The molecule has 3 aromatic carbocycles. The second kappa shape index (κ2) is 9.92. The van der Waals surface area contributed by atoms with Crippen LogP contribution in [0.2, 0.25) is 0 Å². The molecular weight excluding hydrogens is 460 g/mol. The lowest BCUT2D eigenvalue weighted by atomic mass is 10.2. The van der Waals surface area contributed by atoms with Gasteiger partial charge in [-0.25, -0.2) is 8.42 Å². The molecule has 0 aromatic heterocycles. The first-order chi connectivity index (χ1) is 16.4. The number of ether oxygens (including phenoxy) is 4. The SMILES string of the molecule is COc1ccc(S(=O)(=O)N(CC(=O)Nc2ccc3c(c2)OCCO3)c2ccccc2)cc1OC. The molecule has 1 heterocycles. The van der Waals surface area contributed by atoms with Crippen LogP contribution >= 0.6 is 0 Å². The summed E-state index contributed by atoms with van der Waals surface area (Å²) in [5.41, 5.74) is 0.806. The smallest absolute Gasteiger partial charge is 0.264 e. The summed E-state index contributed by atoms with van der Waals surface area (Å²) < 4.78 is 49.7. The molecule has 0 atom stereocenters. The summed E-state index contributed by atoms with van der Waals surface area (Å²) in [7, 11) is -1.24. The summed E-state index contributed by atoms with van der Waals surface area (Å²) in [6.07, 6.45) is 0. The van der Waals surface area contributed by atoms with Crippen molar-refractivity contribution in [1.82, 2.24) is 0 Å². The van der Waals surface area contributed by atoms with Gasteiger partial charge in [0.25, 0.3) is 10.0 Å². The quantitative estimate of drug-likeness (QED) is 0.523. The molecule has 9 nitrogen and oxygen atoms in total. The van der Waals surface area contributed by atoms with E-state index >= 15 is 0 Å². The van der Waals surface area contributed by atoms with Gasteiger partial charge in [0, 0.05) is 17.8 Å². The van der Waals surface area contributed by atoms with Crippen LogP contribution in [0.3, 0.4) is 0 Å². The number of methoxy groups -OCH3 is 2. The van der Waals surface area contributed by atoms with Crippen molar-refractivity contribution in [2.45, 2.75) is 4.90 Å². The monoisotopic (exact) mass is 484 g/mol. The molecule has 1 aliphatic heterocycles. The highest BCUT2D eigenvalue weighted by atomic mass is 32.2. The highest BCUT2D eigenvalue weighted by Crippen LogP contribution is 2.34. The van der Waals surface area contributed by atoms with Crippen molar-refractivity contribution in [3.8, 4) is 23.0 Å². The number of fused-ring (bicyclic) bond motifs is 1. The Morgan fingerprint density at radius 3 is 2.32 bits per heavy atom. The van der Waals surface area contributed by atoms with Crippen LogP contribution in [0.25, 0.3) is 0 Å². The van der Waals surface area contributed by atoms with Gasteiger partial charge in [-0.05, 0) is 36.4 Å². The maximum atomic E-state index is 13.6. The van der Waals surface area contributed by atoms with Crippen LogP contribution in [-0.4, -0.2) is 48.3 Å². The van der Waals surface area contributed by atoms with Crippen LogP contribution in [0.5, 0.6) is 23.0 Å². The van der Waals surface area contributed by atoms with Crippen molar-refractivity contribution in [3.63, 3.8) is 0 Å². The topological polar surface area (TPSA) is 103 Å². The van der Waals surface area contributed by atoms with Crippen molar-refractivity contribution < 1.29 is 32.2 Å². The van der Waals surface area contributed by atoms with Crippen molar-refractivity contribution in [3.05, 3.63) is 66.7 Å². The molecule has 1 N–H and O–H groups in total. The van der Waals surface area contributed by atoms with Crippen molar-refractivity contribution in [1.29, 1.82) is 0 Å². The number of carbonyl (C=O) groups excluding carboxylic acids is 1. The molecule has 0 saturated carbocycles. The average Bonchev–Trinajstić information content (AvgIpc) is 2.87. The molecule has 4 rings (SSSR count). The third-order valence-electron chi connectivity index (χ3n) is 5.10. The predicted molar refractivity (Wildman–Crippen MR) is 127 cm³/mol. The van der Waals surface area contributed by atoms with Gasteiger partial charge in [0.1, 0.15) is 19.8 Å². The minimum Gasteiger partial charge on any atom is -0.493 e. The van der Waals surface area contributed by atoms with Gasteiger partial charge in [-0.15, -0.1) is 0 Å².